The molecule has 2 aromatic rings. The summed E-state index contributed by atoms with van der Waals surface area (Å²) in [5, 5.41) is 6.79. The topological polar surface area (TPSA) is 72.9 Å². The lowest BCUT2D eigenvalue weighted by molar-refractivity contribution is 0.102. The number of amides is 1. The van der Waals surface area contributed by atoms with Crippen molar-refractivity contribution in [3.05, 3.63) is 47.3 Å². The number of thiocarbonyl (C=S) groups is 1. The van der Waals surface area contributed by atoms with E-state index in [1.807, 2.05) is 19.1 Å². The average Bonchev–Trinajstić information content (AvgIpc) is 2.78. The van der Waals surface area contributed by atoms with Crippen molar-refractivity contribution in [1.82, 2.24) is 9.78 Å². The summed E-state index contributed by atoms with van der Waals surface area (Å²) >= 11 is 4.93. The van der Waals surface area contributed by atoms with Gasteiger partial charge in [-0.15, -0.1) is 0 Å². The Morgan fingerprint density at radius 2 is 2.16 bits per heavy atom. The van der Waals surface area contributed by atoms with Crippen LogP contribution >= 0.6 is 12.2 Å². The van der Waals surface area contributed by atoms with Gasteiger partial charge in [-0.1, -0.05) is 24.4 Å². The van der Waals surface area contributed by atoms with Crippen LogP contribution in [-0.2, 0) is 7.05 Å². The molecule has 1 heterocycles. The van der Waals surface area contributed by atoms with Crippen LogP contribution in [0, 0.1) is 6.92 Å². The number of benzene rings is 1. The maximum Gasteiger partial charge on any atom is 0.258 e. The van der Waals surface area contributed by atoms with E-state index in [0.29, 0.717) is 16.2 Å². The van der Waals surface area contributed by atoms with Gasteiger partial charge >= 0.3 is 0 Å². The summed E-state index contributed by atoms with van der Waals surface area (Å²) < 4.78 is 1.58. The van der Waals surface area contributed by atoms with Crippen molar-refractivity contribution in [2.75, 3.05) is 5.32 Å². The van der Waals surface area contributed by atoms with Gasteiger partial charge in [0.2, 0.25) is 0 Å². The Morgan fingerprint density at radius 1 is 1.42 bits per heavy atom. The number of anilines is 1. The third kappa shape index (κ3) is 2.97. The predicted molar refractivity (Wildman–Crippen MR) is 78.2 cm³/mol. The Hall–Kier alpha value is -2.21. The van der Waals surface area contributed by atoms with E-state index in [1.165, 1.54) is 6.20 Å². The SMILES string of the molecule is Cc1ccc(C(N)=S)cc1NC(=O)c1cnn(C)c1. The monoisotopic (exact) mass is 274 g/mol. The van der Waals surface area contributed by atoms with Crippen LogP contribution in [0.3, 0.4) is 0 Å². The molecular weight excluding hydrogens is 260 g/mol. The number of nitrogens with two attached hydrogens (primary N) is 1. The van der Waals surface area contributed by atoms with Crippen LogP contribution in [0.25, 0.3) is 0 Å². The van der Waals surface area contributed by atoms with Crippen molar-refractivity contribution in [2.24, 2.45) is 12.8 Å². The zero-order chi connectivity index (χ0) is 14.0. The molecule has 0 aliphatic rings. The molecule has 6 heteroatoms. The molecule has 0 saturated carbocycles. The van der Waals surface area contributed by atoms with Crippen molar-refractivity contribution >= 4 is 28.8 Å². The molecule has 0 unspecified atom stereocenters. The van der Waals surface area contributed by atoms with Crippen molar-refractivity contribution in [2.45, 2.75) is 6.92 Å². The Labute approximate surface area is 116 Å². The molecule has 0 saturated heterocycles. The second kappa shape index (κ2) is 5.19. The second-order valence-electron chi connectivity index (χ2n) is 4.25. The molecule has 3 N–H and O–H groups in total. The fourth-order valence-electron chi connectivity index (χ4n) is 1.64. The van der Waals surface area contributed by atoms with E-state index >= 15 is 0 Å². The van der Waals surface area contributed by atoms with E-state index in [-0.39, 0.29) is 5.91 Å². The minimum Gasteiger partial charge on any atom is -0.389 e. The molecule has 0 fully saturated rings. The third-order valence-corrected chi connectivity index (χ3v) is 2.97. The molecule has 1 aromatic carbocycles. The molecule has 0 aliphatic carbocycles. The van der Waals surface area contributed by atoms with Crippen molar-refractivity contribution in [3.8, 4) is 0 Å². The van der Waals surface area contributed by atoms with Gasteiger partial charge in [-0.3, -0.25) is 9.48 Å². The quantitative estimate of drug-likeness (QED) is 0.834. The van der Waals surface area contributed by atoms with Gasteiger partial charge in [0, 0.05) is 24.5 Å². The van der Waals surface area contributed by atoms with Gasteiger partial charge in [-0.05, 0) is 18.6 Å². The van der Waals surface area contributed by atoms with Gasteiger partial charge in [-0.2, -0.15) is 5.10 Å². The van der Waals surface area contributed by atoms with E-state index in [2.05, 4.69) is 10.4 Å². The summed E-state index contributed by atoms with van der Waals surface area (Å²) in [5.74, 6) is -0.212. The van der Waals surface area contributed by atoms with Crippen LogP contribution in [0.15, 0.2) is 30.6 Å². The number of aromatic nitrogens is 2. The fourth-order valence-corrected chi connectivity index (χ4v) is 1.77. The molecule has 98 valence electrons. The molecule has 19 heavy (non-hydrogen) atoms. The zero-order valence-electron chi connectivity index (χ0n) is 10.7. The van der Waals surface area contributed by atoms with Gasteiger partial charge in [-0.25, -0.2) is 0 Å². The van der Waals surface area contributed by atoms with Crippen LogP contribution in [-0.4, -0.2) is 20.7 Å². The maximum absolute atomic E-state index is 12.0. The summed E-state index contributed by atoms with van der Waals surface area (Å²) in [6.07, 6.45) is 3.17. The van der Waals surface area contributed by atoms with Crippen molar-refractivity contribution in [3.63, 3.8) is 0 Å². The highest BCUT2D eigenvalue weighted by Crippen LogP contribution is 2.18. The second-order valence-corrected chi connectivity index (χ2v) is 4.69. The Balaban J connectivity index is 2.25. The van der Waals surface area contributed by atoms with E-state index in [1.54, 1.807) is 24.0 Å². The van der Waals surface area contributed by atoms with Crippen LogP contribution in [0.5, 0.6) is 0 Å². The molecule has 5 nitrogen and oxygen atoms in total. The summed E-state index contributed by atoms with van der Waals surface area (Å²) in [7, 11) is 1.76. The first-order chi connectivity index (χ1) is 8.97. The highest BCUT2D eigenvalue weighted by atomic mass is 32.1. The number of rotatable bonds is 3. The number of hydrogen-bond donors (Lipinski definition) is 2. The lowest BCUT2D eigenvalue weighted by Crippen LogP contribution is -2.14. The Kier molecular flexibility index (Phi) is 3.62. The van der Waals surface area contributed by atoms with Crippen molar-refractivity contribution < 1.29 is 4.79 Å². The minimum atomic E-state index is -0.212. The van der Waals surface area contributed by atoms with E-state index < -0.39 is 0 Å². The van der Waals surface area contributed by atoms with E-state index in [9.17, 15) is 4.79 Å². The zero-order valence-corrected chi connectivity index (χ0v) is 11.5. The smallest absolute Gasteiger partial charge is 0.258 e. The molecule has 1 aromatic heterocycles. The van der Waals surface area contributed by atoms with Gasteiger partial charge in [0.1, 0.15) is 4.99 Å². The lowest BCUT2D eigenvalue weighted by Gasteiger charge is -2.09. The molecule has 1 amide bonds. The molecule has 0 atom stereocenters. The maximum atomic E-state index is 12.0. The number of hydrogen-bond acceptors (Lipinski definition) is 3. The summed E-state index contributed by atoms with van der Waals surface area (Å²) in [4.78, 5) is 12.3. The molecule has 2 rings (SSSR count). The highest BCUT2D eigenvalue weighted by molar-refractivity contribution is 7.80. The molecule has 0 aliphatic heterocycles. The van der Waals surface area contributed by atoms with E-state index in [4.69, 9.17) is 18.0 Å². The molecular formula is C13H14N4OS. The number of aryl methyl sites for hydroxylation is 2. The van der Waals surface area contributed by atoms with Gasteiger partial charge in [0.15, 0.2) is 0 Å². The fraction of sp³-hybridized carbons (Fsp3) is 0.154. The first kappa shape index (κ1) is 13.2. The summed E-state index contributed by atoms with van der Waals surface area (Å²) in [6, 6.07) is 5.47. The Morgan fingerprint density at radius 3 is 2.74 bits per heavy atom. The van der Waals surface area contributed by atoms with Crippen molar-refractivity contribution in [1.29, 1.82) is 0 Å². The number of carbonyl (C=O) groups is 1. The van der Waals surface area contributed by atoms with Gasteiger partial charge in [0.05, 0.1) is 11.8 Å². The van der Waals surface area contributed by atoms with Crippen LogP contribution in [0.4, 0.5) is 5.69 Å². The van der Waals surface area contributed by atoms with Gasteiger partial charge in [0.25, 0.3) is 5.91 Å². The molecule has 0 bridgehead atoms. The number of nitrogens with zero attached hydrogens (tertiary/aromatic N) is 2. The summed E-state index contributed by atoms with van der Waals surface area (Å²) in [5.41, 5.74) is 8.45. The largest absolute Gasteiger partial charge is 0.389 e. The average molecular weight is 274 g/mol. The minimum absolute atomic E-state index is 0.212. The molecule has 0 spiro atoms. The summed E-state index contributed by atoms with van der Waals surface area (Å²) in [6.45, 7) is 1.90. The number of carbonyl (C=O) groups excluding carboxylic acids is 1. The lowest BCUT2D eigenvalue weighted by atomic mass is 10.1. The highest BCUT2D eigenvalue weighted by Gasteiger charge is 2.10. The first-order valence-electron chi connectivity index (χ1n) is 5.68. The third-order valence-electron chi connectivity index (χ3n) is 2.74. The molecule has 0 radical (unpaired) electrons. The normalized spacial score (nSPS) is 10.2. The van der Waals surface area contributed by atoms with Crippen LogP contribution < -0.4 is 11.1 Å². The van der Waals surface area contributed by atoms with E-state index in [0.717, 1.165) is 11.1 Å². The Bertz CT molecular complexity index is 648. The first-order valence-corrected chi connectivity index (χ1v) is 6.08. The van der Waals surface area contributed by atoms with Crippen LogP contribution in [0.2, 0.25) is 0 Å². The number of nitrogens with one attached hydrogen (secondary N) is 1. The van der Waals surface area contributed by atoms with Gasteiger partial charge < -0.3 is 11.1 Å². The standard InChI is InChI=1S/C13H14N4OS/c1-8-3-4-9(12(14)19)5-11(8)16-13(18)10-6-15-17(2)7-10/h3-7H,1-2H3,(H2,14,19)(H,16,18). The van der Waals surface area contributed by atoms with Crippen LogP contribution in [0.1, 0.15) is 21.5 Å². The predicted octanol–water partition coefficient (Wildman–Crippen LogP) is 1.62.